The summed E-state index contributed by atoms with van der Waals surface area (Å²) in [6.07, 6.45) is 3.90. The predicted octanol–water partition coefficient (Wildman–Crippen LogP) is 3.92. The number of rotatable bonds is 6. The zero-order chi connectivity index (χ0) is 19.6. The molecular formula is C22H23ClN2O3. The van der Waals surface area contributed by atoms with E-state index < -0.39 is 5.41 Å². The first-order chi connectivity index (χ1) is 13.6. The third-order valence-corrected chi connectivity index (χ3v) is 5.84. The van der Waals surface area contributed by atoms with Gasteiger partial charge in [0.25, 0.3) is 5.91 Å². The summed E-state index contributed by atoms with van der Waals surface area (Å²) in [5.74, 6) is -0.190. The molecule has 0 spiro atoms. The Morgan fingerprint density at radius 1 is 1.11 bits per heavy atom. The Balaban J connectivity index is 1.39. The van der Waals surface area contributed by atoms with E-state index in [4.69, 9.17) is 16.3 Å². The minimum atomic E-state index is -0.441. The van der Waals surface area contributed by atoms with E-state index in [9.17, 15) is 9.59 Å². The summed E-state index contributed by atoms with van der Waals surface area (Å²) in [5, 5.41) is 6.31. The topological polar surface area (TPSA) is 67.4 Å². The number of hydrogen-bond donors (Lipinski definition) is 2. The highest BCUT2D eigenvalue weighted by atomic mass is 35.5. The van der Waals surface area contributed by atoms with Crippen LogP contribution in [0.15, 0.2) is 48.5 Å². The molecule has 1 aliphatic heterocycles. The van der Waals surface area contributed by atoms with Crippen molar-refractivity contribution in [1.82, 2.24) is 5.32 Å². The summed E-state index contributed by atoms with van der Waals surface area (Å²) in [5.41, 5.74) is 1.64. The van der Waals surface area contributed by atoms with Crippen LogP contribution in [0.25, 0.3) is 0 Å². The lowest BCUT2D eigenvalue weighted by atomic mass is 9.94. The van der Waals surface area contributed by atoms with Crippen molar-refractivity contribution in [3.8, 4) is 0 Å². The summed E-state index contributed by atoms with van der Waals surface area (Å²) in [6.45, 7) is 1.36. The van der Waals surface area contributed by atoms with Crippen LogP contribution in [0.3, 0.4) is 0 Å². The van der Waals surface area contributed by atoms with Crippen molar-refractivity contribution in [1.29, 1.82) is 0 Å². The number of amides is 2. The van der Waals surface area contributed by atoms with Crippen molar-refractivity contribution >= 4 is 29.1 Å². The molecular weight excluding hydrogens is 376 g/mol. The first-order valence-electron chi connectivity index (χ1n) is 9.65. The van der Waals surface area contributed by atoms with Gasteiger partial charge in [0.2, 0.25) is 5.91 Å². The lowest BCUT2D eigenvalue weighted by Crippen LogP contribution is -2.39. The molecule has 2 aromatic carbocycles. The highest BCUT2D eigenvalue weighted by Gasteiger charge is 2.51. The molecule has 2 N–H and O–H groups in total. The second-order valence-electron chi connectivity index (χ2n) is 7.44. The molecule has 0 radical (unpaired) electrons. The maximum Gasteiger partial charge on any atom is 0.257 e. The highest BCUT2D eigenvalue weighted by molar-refractivity contribution is 6.34. The van der Waals surface area contributed by atoms with Gasteiger partial charge in [0.15, 0.2) is 0 Å². The van der Waals surface area contributed by atoms with Crippen molar-refractivity contribution in [3.05, 3.63) is 64.7 Å². The van der Waals surface area contributed by atoms with Crippen LogP contribution in [0, 0.1) is 0 Å². The third-order valence-electron chi connectivity index (χ3n) is 5.51. The molecule has 2 aliphatic rings. The van der Waals surface area contributed by atoms with Gasteiger partial charge in [-0.1, -0.05) is 35.9 Å². The van der Waals surface area contributed by atoms with E-state index in [-0.39, 0.29) is 17.9 Å². The Labute approximate surface area is 169 Å². The predicted molar refractivity (Wildman–Crippen MR) is 109 cm³/mol. The van der Waals surface area contributed by atoms with E-state index in [2.05, 4.69) is 10.6 Å². The van der Waals surface area contributed by atoms with Gasteiger partial charge in [0.1, 0.15) is 0 Å². The van der Waals surface area contributed by atoms with Crippen LogP contribution < -0.4 is 10.6 Å². The Kier molecular flexibility index (Phi) is 5.38. The van der Waals surface area contributed by atoms with Crippen LogP contribution in [0.5, 0.6) is 0 Å². The monoisotopic (exact) mass is 398 g/mol. The molecule has 5 nitrogen and oxygen atoms in total. The van der Waals surface area contributed by atoms with Gasteiger partial charge in [-0.3, -0.25) is 9.59 Å². The summed E-state index contributed by atoms with van der Waals surface area (Å²) >= 11 is 6.08. The second kappa shape index (κ2) is 7.94. The third kappa shape index (κ3) is 3.91. The van der Waals surface area contributed by atoms with Crippen molar-refractivity contribution in [2.45, 2.75) is 37.2 Å². The molecule has 1 atom stereocenters. The van der Waals surface area contributed by atoms with E-state index in [0.29, 0.717) is 22.8 Å². The van der Waals surface area contributed by atoms with Crippen LogP contribution in [0.4, 0.5) is 5.69 Å². The minimum Gasteiger partial charge on any atom is -0.376 e. The zero-order valence-corrected chi connectivity index (χ0v) is 16.3. The molecule has 1 aliphatic carbocycles. The molecule has 4 rings (SSSR count). The zero-order valence-electron chi connectivity index (χ0n) is 15.5. The number of carbonyl (C=O) groups excluding carboxylic acids is 2. The smallest absolute Gasteiger partial charge is 0.257 e. The number of nitrogens with one attached hydrogen (secondary N) is 2. The first-order valence-corrected chi connectivity index (χ1v) is 10.0. The average molecular weight is 399 g/mol. The number of benzene rings is 2. The summed E-state index contributed by atoms with van der Waals surface area (Å²) in [4.78, 5) is 25.1. The largest absolute Gasteiger partial charge is 0.376 e. The van der Waals surface area contributed by atoms with Gasteiger partial charge in [-0.25, -0.2) is 0 Å². The number of carbonyl (C=O) groups is 2. The van der Waals surface area contributed by atoms with E-state index in [1.807, 2.05) is 24.3 Å². The molecule has 1 saturated carbocycles. The van der Waals surface area contributed by atoms with E-state index in [1.165, 1.54) is 0 Å². The standard InChI is InChI=1S/C22H23ClN2O3/c23-19-6-2-1-5-18(19)20(26)25-16-9-7-15(8-10-16)22(11-12-22)21(27)24-14-17-4-3-13-28-17/h1-2,5-10,17H,3-4,11-14H2,(H,24,27)(H,25,26). The maximum absolute atomic E-state index is 12.7. The average Bonchev–Trinajstić information content (AvgIpc) is 3.35. The van der Waals surface area contributed by atoms with E-state index >= 15 is 0 Å². The molecule has 28 heavy (non-hydrogen) atoms. The normalized spacial score (nSPS) is 19.8. The van der Waals surface area contributed by atoms with Gasteiger partial charge in [0.05, 0.1) is 22.1 Å². The fraction of sp³-hybridized carbons (Fsp3) is 0.364. The summed E-state index contributed by atoms with van der Waals surface area (Å²) in [7, 11) is 0. The number of hydrogen-bond acceptors (Lipinski definition) is 3. The quantitative estimate of drug-likeness (QED) is 0.775. The van der Waals surface area contributed by atoms with Gasteiger partial charge in [-0.15, -0.1) is 0 Å². The molecule has 2 fully saturated rings. The molecule has 1 unspecified atom stereocenters. The fourth-order valence-corrected chi connectivity index (χ4v) is 3.89. The van der Waals surface area contributed by atoms with Gasteiger partial charge in [-0.05, 0) is 55.5 Å². The molecule has 0 bridgehead atoms. The van der Waals surface area contributed by atoms with Crippen LogP contribution >= 0.6 is 11.6 Å². The molecule has 6 heteroatoms. The molecule has 2 aromatic rings. The van der Waals surface area contributed by atoms with Crippen molar-refractivity contribution in [3.63, 3.8) is 0 Å². The Morgan fingerprint density at radius 3 is 2.50 bits per heavy atom. The van der Waals surface area contributed by atoms with Crippen LogP contribution in [-0.2, 0) is 14.9 Å². The number of ether oxygens (including phenoxy) is 1. The van der Waals surface area contributed by atoms with Gasteiger partial charge >= 0.3 is 0 Å². The van der Waals surface area contributed by atoms with Gasteiger partial charge < -0.3 is 15.4 Å². The first kappa shape index (κ1) is 19.0. The molecule has 1 heterocycles. The minimum absolute atomic E-state index is 0.0656. The van der Waals surface area contributed by atoms with Gasteiger partial charge in [0, 0.05) is 18.8 Å². The van der Waals surface area contributed by atoms with Crippen LogP contribution in [0.2, 0.25) is 5.02 Å². The SMILES string of the molecule is O=C(Nc1ccc(C2(C(=O)NCC3CCCO3)CC2)cc1)c1ccccc1Cl. The van der Waals surface area contributed by atoms with Crippen LogP contribution in [-0.4, -0.2) is 31.1 Å². The summed E-state index contributed by atoms with van der Waals surface area (Å²) in [6, 6.07) is 14.4. The van der Waals surface area contributed by atoms with E-state index in [0.717, 1.165) is 37.9 Å². The van der Waals surface area contributed by atoms with Crippen LogP contribution in [0.1, 0.15) is 41.6 Å². The lowest BCUT2D eigenvalue weighted by molar-refractivity contribution is -0.124. The molecule has 0 aromatic heterocycles. The van der Waals surface area contributed by atoms with Crippen molar-refractivity contribution in [2.24, 2.45) is 0 Å². The maximum atomic E-state index is 12.7. The lowest BCUT2D eigenvalue weighted by Gasteiger charge is -2.18. The molecule has 146 valence electrons. The number of anilines is 1. The fourth-order valence-electron chi connectivity index (χ4n) is 3.67. The molecule has 1 saturated heterocycles. The Bertz CT molecular complexity index is 872. The highest BCUT2D eigenvalue weighted by Crippen LogP contribution is 2.48. The Hall–Kier alpha value is -2.37. The van der Waals surface area contributed by atoms with Crippen molar-refractivity contribution in [2.75, 3.05) is 18.5 Å². The summed E-state index contributed by atoms with van der Waals surface area (Å²) < 4.78 is 5.58. The second-order valence-corrected chi connectivity index (χ2v) is 7.85. The van der Waals surface area contributed by atoms with Gasteiger partial charge in [-0.2, -0.15) is 0 Å². The molecule has 2 amide bonds. The number of halogens is 1. The Morgan fingerprint density at radius 2 is 1.86 bits per heavy atom. The van der Waals surface area contributed by atoms with Crippen molar-refractivity contribution < 1.29 is 14.3 Å². The van der Waals surface area contributed by atoms with E-state index in [1.54, 1.807) is 24.3 Å².